The van der Waals surface area contributed by atoms with Gasteiger partial charge in [-0.05, 0) is 0 Å². The molecule has 14 heavy (non-hydrogen) atoms. The second-order valence-electron chi connectivity index (χ2n) is 2.76. The Kier molecular flexibility index (Phi) is 4.57. The Morgan fingerprint density at radius 3 is 3.14 bits per heavy atom. The molecule has 1 atom stereocenters. The van der Waals surface area contributed by atoms with Crippen LogP contribution < -0.4 is 0 Å². The van der Waals surface area contributed by atoms with Crippen LogP contribution >= 0.6 is 27.5 Å². The molecule has 0 N–H and O–H groups in total. The van der Waals surface area contributed by atoms with Gasteiger partial charge in [0.05, 0.1) is 29.9 Å². The number of methoxy groups -OCH3 is 1. The molecular formula is C8H11BrClN3O. The Balaban J connectivity index is 2.75. The van der Waals surface area contributed by atoms with Gasteiger partial charge < -0.3 is 4.74 Å². The topological polar surface area (TPSA) is 39.9 Å². The van der Waals surface area contributed by atoms with Crippen molar-refractivity contribution in [1.82, 2.24) is 15.0 Å². The number of aromatic nitrogens is 3. The molecule has 6 heteroatoms. The van der Waals surface area contributed by atoms with Crippen LogP contribution in [0.3, 0.4) is 0 Å². The predicted molar refractivity (Wildman–Crippen MR) is 58.6 cm³/mol. The zero-order chi connectivity index (χ0) is 10.6. The van der Waals surface area contributed by atoms with Gasteiger partial charge in [-0.3, -0.25) is 0 Å². The molecule has 1 unspecified atom stereocenters. The Bertz CT molecular complexity index is 315. The van der Waals surface area contributed by atoms with Crippen molar-refractivity contribution in [3.63, 3.8) is 0 Å². The van der Waals surface area contributed by atoms with Crippen LogP contribution in [0, 0.1) is 0 Å². The average molecular weight is 281 g/mol. The molecule has 0 aliphatic heterocycles. The first-order valence-electron chi connectivity index (χ1n) is 3.99. The van der Waals surface area contributed by atoms with Crippen molar-refractivity contribution in [1.29, 1.82) is 0 Å². The number of rotatable bonds is 5. The Morgan fingerprint density at radius 1 is 1.86 bits per heavy atom. The number of halogens is 2. The van der Waals surface area contributed by atoms with E-state index in [9.17, 15) is 0 Å². The number of hydrogen-bond donors (Lipinski definition) is 0. The van der Waals surface area contributed by atoms with E-state index in [2.05, 4.69) is 32.8 Å². The fraction of sp³-hybridized carbons (Fsp3) is 0.500. The molecule has 1 heterocycles. The Hall–Kier alpha value is -0.390. The molecule has 1 rings (SSSR count). The van der Waals surface area contributed by atoms with Gasteiger partial charge >= 0.3 is 0 Å². The molecule has 78 valence electrons. The molecular weight excluding hydrogens is 269 g/mol. The lowest BCUT2D eigenvalue weighted by molar-refractivity contribution is 0.199. The normalized spacial score (nSPS) is 12.8. The van der Waals surface area contributed by atoms with E-state index < -0.39 is 0 Å². The molecule has 0 aliphatic rings. The van der Waals surface area contributed by atoms with Gasteiger partial charge in [-0.2, -0.15) is 0 Å². The fourth-order valence-corrected chi connectivity index (χ4v) is 1.76. The monoisotopic (exact) mass is 279 g/mol. The summed E-state index contributed by atoms with van der Waals surface area (Å²) in [6, 6.07) is 0. The van der Waals surface area contributed by atoms with Gasteiger partial charge in [0.15, 0.2) is 0 Å². The highest BCUT2D eigenvalue weighted by atomic mass is 79.9. The number of alkyl halides is 1. The van der Waals surface area contributed by atoms with Crippen LogP contribution in [0.4, 0.5) is 0 Å². The Morgan fingerprint density at radius 2 is 2.57 bits per heavy atom. The summed E-state index contributed by atoms with van der Waals surface area (Å²) >= 11 is 9.16. The van der Waals surface area contributed by atoms with Gasteiger partial charge in [0.1, 0.15) is 0 Å². The van der Waals surface area contributed by atoms with Gasteiger partial charge in [-0.25, -0.2) is 4.68 Å². The van der Waals surface area contributed by atoms with E-state index in [0.29, 0.717) is 18.2 Å². The number of hydrogen-bond acceptors (Lipinski definition) is 3. The lowest BCUT2D eigenvalue weighted by Crippen LogP contribution is -2.09. The van der Waals surface area contributed by atoms with E-state index in [-0.39, 0.29) is 4.83 Å². The summed E-state index contributed by atoms with van der Waals surface area (Å²) in [6.07, 6.45) is 1.68. The third kappa shape index (κ3) is 3.08. The minimum absolute atomic E-state index is 0.0681. The number of ether oxygens (including phenoxy) is 1. The summed E-state index contributed by atoms with van der Waals surface area (Å²) in [4.78, 5) is 0.0681. The standard InChI is InChI=1S/C8H11BrClN3O/c1-6(10)4-13-8(3-11-12-13)7(9)5-14-2/h3,7H,1,4-5H2,2H3. The largest absolute Gasteiger partial charge is 0.383 e. The lowest BCUT2D eigenvalue weighted by atomic mass is 10.3. The molecule has 0 saturated carbocycles. The van der Waals surface area contributed by atoms with Crippen molar-refractivity contribution in [2.45, 2.75) is 11.4 Å². The quantitative estimate of drug-likeness (QED) is 0.776. The molecule has 4 nitrogen and oxygen atoms in total. The maximum absolute atomic E-state index is 5.69. The van der Waals surface area contributed by atoms with E-state index in [1.165, 1.54) is 0 Å². The van der Waals surface area contributed by atoms with Crippen LogP contribution in [0.2, 0.25) is 0 Å². The zero-order valence-corrected chi connectivity index (χ0v) is 10.1. The second kappa shape index (κ2) is 5.48. The van der Waals surface area contributed by atoms with Gasteiger partial charge in [0.2, 0.25) is 0 Å². The minimum Gasteiger partial charge on any atom is -0.383 e. The lowest BCUT2D eigenvalue weighted by Gasteiger charge is -2.09. The molecule has 1 aromatic rings. The Labute approximate surface area is 96.0 Å². The smallest absolute Gasteiger partial charge is 0.0814 e. The fourth-order valence-electron chi connectivity index (χ4n) is 1.03. The van der Waals surface area contributed by atoms with E-state index >= 15 is 0 Å². The van der Waals surface area contributed by atoms with Crippen LogP contribution in [-0.2, 0) is 11.3 Å². The number of nitrogens with zero attached hydrogens (tertiary/aromatic N) is 3. The molecule has 0 aliphatic carbocycles. The van der Waals surface area contributed by atoms with Gasteiger partial charge in [-0.1, -0.05) is 39.3 Å². The maximum Gasteiger partial charge on any atom is 0.0814 e. The van der Waals surface area contributed by atoms with Crippen LogP contribution in [0.1, 0.15) is 10.5 Å². The van der Waals surface area contributed by atoms with Crippen molar-refractivity contribution in [2.75, 3.05) is 13.7 Å². The summed E-state index contributed by atoms with van der Waals surface area (Å²) in [5, 5.41) is 8.22. The summed E-state index contributed by atoms with van der Waals surface area (Å²) in [6.45, 7) is 4.63. The third-order valence-electron chi connectivity index (χ3n) is 1.60. The second-order valence-corrected chi connectivity index (χ2v) is 4.40. The minimum atomic E-state index is 0.0681. The molecule has 0 fully saturated rings. The highest BCUT2D eigenvalue weighted by Crippen LogP contribution is 2.22. The molecule has 0 aromatic carbocycles. The maximum atomic E-state index is 5.69. The highest BCUT2D eigenvalue weighted by molar-refractivity contribution is 9.09. The van der Waals surface area contributed by atoms with Gasteiger partial charge in [0.25, 0.3) is 0 Å². The van der Waals surface area contributed by atoms with Crippen LogP contribution in [0.25, 0.3) is 0 Å². The first kappa shape index (κ1) is 11.7. The zero-order valence-electron chi connectivity index (χ0n) is 7.78. The summed E-state index contributed by atoms with van der Waals surface area (Å²) < 4.78 is 6.70. The first-order valence-corrected chi connectivity index (χ1v) is 5.29. The highest BCUT2D eigenvalue weighted by Gasteiger charge is 2.13. The molecule has 0 bridgehead atoms. The first-order chi connectivity index (χ1) is 6.65. The van der Waals surface area contributed by atoms with E-state index in [4.69, 9.17) is 16.3 Å². The van der Waals surface area contributed by atoms with Crippen molar-refractivity contribution in [3.05, 3.63) is 23.5 Å². The predicted octanol–water partition coefficient (Wildman–Crippen LogP) is 2.11. The van der Waals surface area contributed by atoms with Crippen LogP contribution in [0.5, 0.6) is 0 Å². The van der Waals surface area contributed by atoms with Crippen molar-refractivity contribution < 1.29 is 4.74 Å². The molecule has 1 aromatic heterocycles. The van der Waals surface area contributed by atoms with E-state index in [1.807, 2.05) is 0 Å². The van der Waals surface area contributed by atoms with Crippen LogP contribution in [-0.4, -0.2) is 28.7 Å². The summed E-state index contributed by atoms with van der Waals surface area (Å²) in [5.41, 5.74) is 0.925. The van der Waals surface area contributed by atoms with E-state index in [0.717, 1.165) is 5.69 Å². The van der Waals surface area contributed by atoms with Crippen molar-refractivity contribution in [3.8, 4) is 0 Å². The molecule has 0 saturated heterocycles. The number of allylic oxidation sites excluding steroid dienone is 1. The SMILES string of the molecule is C=C(Cl)Cn1nncc1C(Br)COC. The third-order valence-corrected chi connectivity index (χ3v) is 2.46. The average Bonchev–Trinajstić information content (AvgIpc) is 2.51. The van der Waals surface area contributed by atoms with Crippen molar-refractivity contribution >= 4 is 27.5 Å². The van der Waals surface area contributed by atoms with Crippen LogP contribution in [0.15, 0.2) is 17.8 Å². The molecule has 0 radical (unpaired) electrons. The summed E-state index contributed by atoms with van der Waals surface area (Å²) in [7, 11) is 1.64. The van der Waals surface area contributed by atoms with E-state index in [1.54, 1.807) is 18.0 Å². The van der Waals surface area contributed by atoms with Gasteiger partial charge in [-0.15, -0.1) is 5.10 Å². The molecule has 0 spiro atoms. The summed E-state index contributed by atoms with van der Waals surface area (Å²) in [5.74, 6) is 0. The molecule has 0 amide bonds. The van der Waals surface area contributed by atoms with Gasteiger partial charge in [0, 0.05) is 12.1 Å². The van der Waals surface area contributed by atoms with Crippen molar-refractivity contribution in [2.24, 2.45) is 0 Å².